The molecule has 5 nitrogen and oxygen atoms in total. The minimum absolute atomic E-state index is 0.0199. The Morgan fingerprint density at radius 2 is 1.68 bits per heavy atom. The summed E-state index contributed by atoms with van der Waals surface area (Å²) in [4.78, 5) is 0.0297. The van der Waals surface area contributed by atoms with Crippen molar-refractivity contribution >= 4 is 29.6 Å². The Bertz CT molecular complexity index is 677. The number of sulfone groups is 1. The molecule has 0 saturated carbocycles. The molecule has 0 N–H and O–H groups in total. The maximum absolute atomic E-state index is 11.3. The fourth-order valence-corrected chi connectivity index (χ4v) is 3.13. The summed E-state index contributed by atoms with van der Waals surface area (Å²) in [6.07, 6.45) is 1.12. The normalized spacial score (nSPS) is 12.4. The first-order chi connectivity index (χ1) is 8.52. The highest BCUT2D eigenvalue weighted by atomic mass is 35.7. The molecule has 0 atom stereocenters. The van der Waals surface area contributed by atoms with E-state index in [9.17, 15) is 16.8 Å². The summed E-state index contributed by atoms with van der Waals surface area (Å²) in [5, 5.41) is 0. The number of ether oxygens (including phenoxy) is 1. The lowest BCUT2D eigenvalue weighted by Crippen LogP contribution is -2.13. The number of halogens is 1. The summed E-state index contributed by atoms with van der Waals surface area (Å²) in [6.45, 7) is 3.33. The Morgan fingerprint density at radius 3 is 2.16 bits per heavy atom. The second-order valence-electron chi connectivity index (χ2n) is 4.23. The van der Waals surface area contributed by atoms with Crippen molar-refractivity contribution in [3.63, 3.8) is 0 Å². The van der Waals surface area contributed by atoms with E-state index in [4.69, 9.17) is 15.4 Å². The summed E-state index contributed by atoms with van der Waals surface area (Å²) >= 11 is 0. The zero-order valence-corrected chi connectivity index (χ0v) is 13.2. The van der Waals surface area contributed by atoms with E-state index in [1.807, 2.05) is 0 Å². The van der Waals surface area contributed by atoms with Crippen LogP contribution in [0.5, 0.6) is 5.75 Å². The molecule has 0 radical (unpaired) electrons. The van der Waals surface area contributed by atoms with E-state index < -0.39 is 18.9 Å². The van der Waals surface area contributed by atoms with E-state index in [0.29, 0.717) is 16.9 Å². The Hall–Kier alpha value is -0.790. The van der Waals surface area contributed by atoms with Gasteiger partial charge in [-0.25, -0.2) is 16.8 Å². The Labute approximate surface area is 117 Å². The van der Waals surface area contributed by atoms with Gasteiger partial charge in [0.05, 0.1) is 10.6 Å². The van der Waals surface area contributed by atoms with Crippen LogP contribution in [0.3, 0.4) is 0 Å². The van der Waals surface area contributed by atoms with Gasteiger partial charge in [0, 0.05) is 16.9 Å². The zero-order chi connectivity index (χ0) is 14.8. The molecular formula is C11H15ClO5S2. The molecule has 1 aromatic rings. The zero-order valence-electron chi connectivity index (χ0n) is 10.8. The van der Waals surface area contributed by atoms with Crippen LogP contribution in [0.4, 0.5) is 0 Å². The molecule has 0 saturated heterocycles. The molecular weight excluding hydrogens is 312 g/mol. The predicted octanol–water partition coefficient (Wildman–Crippen LogP) is 1.65. The van der Waals surface area contributed by atoms with Crippen LogP contribution in [-0.2, 0) is 18.9 Å². The van der Waals surface area contributed by atoms with E-state index in [0.717, 1.165) is 6.26 Å². The minimum atomic E-state index is -3.80. The third kappa shape index (κ3) is 4.67. The van der Waals surface area contributed by atoms with E-state index in [1.54, 1.807) is 13.8 Å². The molecule has 0 aliphatic carbocycles. The van der Waals surface area contributed by atoms with E-state index >= 15 is 0 Å². The monoisotopic (exact) mass is 326 g/mol. The number of rotatable bonds is 5. The molecule has 1 aromatic carbocycles. The summed E-state index contributed by atoms with van der Waals surface area (Å²) in [5.41, 5.74) is 1.11. The van der Waals surface area contributed by atoms with Gasteiger partial charge in [-0.3, -0.25) is 0 Å². The molecule has 8 heteroatoms. The topological polar surface area (TPSA) is 77.5 Å². The van der Waals surface area contributed by atoms with E-state index in [2.05, 4.69) is 0 Å². The van der Waals surface area contributed by atoms with Gasteiger partial charge in [-0.15, -0.1) is 0 Å². The molecule has 0 amide bonds. The lowest BCUT2D eigenvalue weighted by molar-refractivity contribution is 0.338. The van der Waals surface area contributed by atoms with Crippen molar-refractivity contribution in [2.75, 3.05) is 18.6 Å². The van der Waals surface area contributed by atoms with Crippen LogP contribution >= 0.6 is 10.7 Å². The maximum Gasteiger partial charge on any atom is 0.261 e. The largest absolute Gasteiger partial charge is 0.492 e. The highest BCUT2D eigenvalue weighted by Gasteiger charge is 2.17. The van der Waals surface area contributed by atoms with Crippen molar-refractivity contribution in [1.29, 1.82) is 0 Å². The Kier molecular flexibility index (Phi) is 4.86. The average Bonchev–Trinajstić information content (AvgIpc) is 2.20. The van der Waals surface area contributed by atoms with Crippen LogP contribution in [0.25, 0.3) is 0 Å². The third-order valence-electron chi connectivity index (χ3n) is 2.66. The molecule has 108 valence electrons. The predicted molar refractivity (Wildman–Crippen MR) is 74.2 cm³/mol. The lowest BCUT2D eigenvalue weighted by Gasteiger charge is -2.12. The molecule has 0 aromatic heterocycles. The highest BCUT2D eigenvalue weighted by molar-refractivity contribution is 8.13. The molecule has 0 aliphatic rings. The van der Waals surface area contributed by atoms with Crippen molar-refractivity contribution in [2.45, 2.75) is 18.7 Å². The molecule has 0 bridgehead atoms. The van der Waals surface area contributed by atoms with Crippen LogP contribution in [0.2, 0.25) is 0 Å². The van der Waals surface area contributed by atoms with E-state index in [-0.39, 0.29) is 17.3 Å². The Balaban J connectivity index is 2.98. The SMILES string of the molecule is Cc1c(OCCS(C)(=O)=O)ccc(S(=O)(=O)Cl)c1C. The molecule has 0 spiro atoms. The lowest BCUT2D eigenvalue weighted by atomic mass is 10.1. The third-order valence-corrected chi connectivity index (χ3v) is 5.04. The Morgan fingerprint density at radius 1 is 1.11 bits per heavy atom. The minimum Gasteiger partial charge on any atom is -0.492 e. The molecule has 0 fully saturated rings. The summed E-state index contributed by atoms with van der Waals surface area (Å²) in [7, 11) is -1.58. The highest BCUT2D eigenvalue weighted by Crippen LogP contribution is 2.28. The fraction of sp³-hybridized carbons (Fsp3) is 0.455. The fourth-order valence-electron chi connectivity index (χ4n) is 1.49. The quantitative estimate of drug-likeness (QED) is 0.769. The van der Waals surface area contributed by atoms with Gasteiger partial charge in [-0.1, -0.05) is 0 Å². The standard InChI is InChI=1S/C11H15ClO5S2/c1-8-9(2)11(19(12,15)16)5-4-10(8)17-6-7-18(3,13)14/h4-5H,6-7H2,1-3H3. The molecule has 0 unspecified atom stereocenters. The van der Waals surface area contributed by atoms with Crippen molar-refractivity contribution in [2.24, 2.45) is 0 Å². The first-order valence-electron chi connectivity index (χ1n) is 5.38. The second-order valence-corrected chi connectivity index (χ2v) is 9.02. The summed E-state index contributed by atoms with van der Waals surface area (Å²) < 4.78 is 49.9. The number of benzene rings is 1. The summed E-state index contributed by atoms with van der Waals surface area (Å²) in [5.74, 6) is 0.353. The van der Waals surface area contributed by atoms with Gasteiger partial charge >= 0.3 is 0 Å². The van der Waals surface area contributed by atoms with Crippen molar-refractivity contribution in [1.82, 2.24) is 0 Å². The van der Waals surface area contributed by atoms with Gasteiger partial charge in [-0.05, 0) is 37.1 Å². The molecule has 1 rings (SSSR count). The van der Waals surface area contributed by atoms with Crippen LogP contribution in [-0.4, -0.2) is 35.5 Å². The van der Waals surface area contributed by atoms with Crippen LogP contribution in [0, 0.1) is 13.8 Å². The number of hydrogen-bond acceptors (Lipinski definition) is 5. The molecule has 0 aliphatic heterocycles. The number of hydrogen-bond donors (Lipinski definition) is 0. The van der Waals surface area contributed by atoms with Crippen molar-refractivity contribution in [3.05, 3.63) is 23.3 Å². The second kappa shape index (κ2) is 5.68. The van der Waals surface area contributed by atoms with Crippen molar-refractivity contribution in [3.8, 4) is 5.75 Å². The van der Waals surface area contributed by atoms with Crippen LogP contribution < -0.4 is 4.74 Å². The maximum atomic E-state index is 11.3. The smallest absolute Gasteiger partial charge is 0.261 e. The van der Waals surface area contributed by atoms with Gasteiger partial charge in [-0.2, -0.15) is 0 Å². The van der Waals surface area contributed by atoms with E-state index in [1.165, 1.54) is 12.1 Å². The van der Waals surface area contributed by atoms with Crippen molar-refractivity contribution < 1.29 is 21.6 Å². The van der Waals surface area contributed by atoms with Crippen LogP contribution in [0.15, 0.2) is 17.0 Å². The summed E-state index contributed by atoms with van der Waals surface area (Å²) in [6, 6.07) is 2.82. The first-order valence-corrected chi connectivity index (χ1v) is 9.75. The van der Waals surface area contributed by atoms with Crippen LogP contribution in [0.1, 0.15) is 11.1 Å². The average molecular weight is 327 g/mol. The molecule has 0 heterocycles. The van der Waals surface area contributed by atoms with Gasteiger partial charge in [0.1, 0.15) is 12.4 Å². The first kappa shape index (κ1) is 16.3. The molecule has 19 heavy (non-hydrogen) atoms. The van der Waals surface area contributed by atoms with Gasteiger partial charge in [0.2, 0.25) is 0 Å². The van der Waals surface area contributed by atoms with Gasteiger partial charge in [0.15, 0.2) is 9.84 Å². The van der Waals surface area contributed by atoms with Gasteiger partial charge in [0.25, 0.3) is 9.05 Å². The van der Waals surface area contributed by atoms with Gasteiger partial charge < -0.3 is 4.74 Å².